The fourth-order valence-electron chi connectivity index (χ4n) is 2.76. The zero-order valence-electron chi connectivity index (χ0n) is 11.3. The Hall–Kier alpha value is -1.19. The van der Waals surface area contributed by atoms with E-state index in [0.717, 1.165) is 30.1 Å². The van der Waals surface area contributed by atoms with Gasteiger partial charge in [-0.25, -0.2) is 0 Å². The summed E-state index contributed by atoms with van der Waals surface area (Å²) in [7, 11) is 1.73. The maximum Gasteiger partial charge on any atom is 0.134 e. The summed E-state index contributed by atoms with van der Waals surface area (Å²) in [5, 5.41) is 1.20. The lowest BCUT2D eigenvalue weighted by atomic mass is 10.0. The van der Waals surface area contributed by atoms with Crippen LogP contribution >= 0.6 is 12.4 Å². The first-order chi connectivity index (χ1) is 8.78. The van der Waals surface area contributed by atoms with Crippen molar-refractivity contribution < 1.29 is 9.15 Å². The van der Waals surface area contributed by atoms with Crippen LogP contribution in [0.2, 0.25) is 0 Å². The van der Waals surface area contributed by atoms with Gasteiger partial charge in [-0.2, -0.15) is 0 Å². The van der Waals surface area contributed by atoms with Gasteiger partial charge in [-0.3, -0.25) is 0 Å². The van der Waals surface area contributed by atoms with E-state index in [4.69, 9.17) is 14.9 Å². The van der Waals surface area contributed by atoms with Gasteiger partial charge in [0, 0.05) is 17.4 Å². The van der Waals surface area contributed by atoms with Crippen LogP contribution in [-0.2, 0) is 6.42 Å². The minimum atomic E-state index is 0. The maximum absolute atomic E-state index is 5.82. The first kappa shape index (κ1) is 14.2. The molecule has 1 saturated carbocycles. The molecule has 0 aliphatic heterocycles. The number of hydrogen-bond acceptors (Lipinski definition) is 3. The molecule has 1 heterocycles. The van der Waals surface area contributed by atoms with E-state index in [1.807, 2.05) is 12.1 Å². The molecular formula is C15H20ClNO2. The standard InChI is InChI=1S/C15H19NO2.ClH/c1-3-10-7-12-13(18-10)4-5-14(17-2)15(12)11-6-9(11)8-16;/h4-5,7,9,11H,3,6,8,16H2,1-2H3;1H/t9-,11+;/m0./s1. The van der Waals surface area contributed by atoms with Gasteiger partial charge in [0.15, 0.2) is 0 Å². The van der Waals surface area contributed by atoms with Crippen LogP contribution in [0.15, 0.2) is 22.6 Å². The number of methoxy groups -OCH3 is 1. The number of hydrogen-bond donors (Lipinski definition) is 1. The van der Waals surface area contributed by atoms with Crippen molar-refractivity contribution in [3.63, 3.8) is 0 Å². The second kappa shape index (κ2) is 5.43. The third kappa shape index (κ3) is 2.33. The fourth-order valence-corrected chi connectivity index (χ4v) is 2.76. The van der Waals surface area contributed by atoms with Crippen LogP contribution in [-0.4, -0.2) is 13.7 Å². The number of nitrogens with two attached hydrogens (primary N) is 1. The van der Waals surface area contributed by atoms with Crippen LogP contribution in [0, 0.1) is 5.92 Å². The number of ether oxygens (including phenoxy) is 1. The number of benzene rings is 1. The Bertz CT molecular complexity index is 579. The van der Waals surface area contributed by atoms with Crippen molar-refractivity contribution in [3.8, 4) is 5.75 Å². The Morgan fingerprint density at radius 3 is 2.79 bits per heavy atom. The molecular weight excluding hydrogens is 262 g/mol. The van der Waals surface area contributed by atoms with Gasteiger partial charge in [0.25, 0.3) is 0 Å². The molecule has 1 aliphatic rings. The third-order valence-electron chi connectivity index (χ3n) is 3.92. The second-order valence-electron chi connectivity index (χ2n) is 5.00. The summed E-state index contributed by atoms with van der Waals surface area (Å²) in [4.78, 5) is 0. The maximum atomic E-state index is 5.82. The summed E-state index contributed by atoms with van der Waals surface area (Å²) in [6, 6.07) is 6.16. The van der Waals surface area contributed by atoms with Crippen LogP contribution in [0.1, 0.15) is 30.6 Å². The van der Waals surface area contributed by atoms with E-state index in [2.05, 4.69) is 13.0 Å². The van der Waals surface area contributed by atoms with E-state index in [9.17, 15) is 0 Å². The van der Waals surface area contributed by atoms with Crippen molar-refractivity contribution in [2.75, 3.05) is 13.7 Å². The number of aryl methyl sites for hydroxylation is 1. The molecule has 3 rings (SSSR count). The lowest BCUT2D eigenvalue weighted by Crippen LogP contribution is -2.02. The second-order valence-corrected chi connectivity index (χ2v) is 5.00. The van der Waals surface area contributed by atoms with Gasteiger partial charge in [-0.05, 0) is 43.0 Å². The first-order valence-corrected chi connectivity index (χ1v) is 6.57. The van der Waals surface area contributed by atoms with E-state index >= 15 is 0 Å². The number of furan rings is 1. The molecule has 2 aromatic rings. The quantitative estimate of drug-likeness (QED) is 0.933. The third-order valence-corrected chi connectivity index (χ3v) is 3.92. The SMILES string of the molecule is CCc1cc2c([C@@H]3C[C@H]3CN)c(OC)ccc2o1.Cl. The molecule has 2 atom stereocenters. The Balaban J connectivity index is 0.00000133. The van der Waals surface area contributed by atoms with Gasteiger partial charge in [-0.15, -0.1) is 12.4 Å². The van der Waals surface area contributed by atoms with Crippen molar-refractivity contribution >= 4 is 23.4 Å². The zero-order valence-corrected chi connectivity index (χ0v) is 12.1. The summed E-state index contributed by atoms with van der Waals surface area (Å²) in [6.07, 6.45) is 2.08. The smallest absolute Gasteiger partial charge is 0.134 e. The molecule has 0 saturated heterocycles. The highest BCUT2D eigenvalue weighted by Crippen LogP contribution is 2.52. The predicted molar refractivity (Wildman–Crippen MR) is 79.3 cm³/mol. The van der Waals surface area contributed by atoms with Gasteiger partial charge in [0.05, 0.1) is 7.11 Å². The van der Waals surface area contributed by atoms with Crippen LogP contribution in [0.4, 0.5) is 0 Å². The molecule has 0 unspecified atom stereocenters. The highest BCUT2D eigenvalue weighted by Gasteiger charge is 2.40. The molecule has 0 spiro atoms. The molecule has 104 valence electrons. The van der Waals surface area contributed by atoms with Crippen LogP contribution in [0.5, 0.6) is 5.75 Å². The lowest BCUT2D eigenvalue weighted by molar-refractivity contribution is 0.410. The minimum absolute atomic E-state index is 0. The topological polar surface area (TPSA) is 48.4 Å². The summed E-state index contributed by atoms with van der Waals surface area (Å²) in [6.45, 7) is 2.86. The monoisotopic (exact) mass is 281 g/mol. The van der Waals surface area contributed by atoms with Gasteiger partial charge in [-0.1, -0.05) is 6.92 Å². The predicted octanol–water partition coefficient (Wildman–Crippen LogP) is 3.49. The molecule has 4 heteroatoms. The summed E-state index contributed by atoms with van der Waals surface area (Å²) in [5.74, 6) is 3.14. The molecule has 1 aliphatic carbocycles. The summed E-state index contributed by atoms with van der Waals surface area (Å²) < 4.78 is 11.3. The summed E-state index contributed by atoms with van der Waals surface area (Å²) in [5.41, 5.74) is 8.01. The van der Waals surface area contributed by atoms with Crippen molar-refractivity contribution in [1.29, 1.82) is 0 Å². The normalized spacial score (nSPS) is 21.2. The molecule has 19 heavy (non-hydrogen) atoms. The number of rotatable bonds is 4. The van der Waals surface area contributed by atoms with Crippen LogP contribution in [0.25, 0.3) is 11.0 Å². The number of halogens is 1. The molecule has 3 nitrogen and oxygen atoms in total. The first-order valence-electron chi connectivity index (χ1n) is 6.57. The minimum Gasteiger partial charge on any atom is -0.496 e. The lowest BCUT2D eigenvalue weighted by Gasteiger charge is -2.08. The van der Waals surface area contributed by atoms with E-state index in [0.29, 0.717) is 11.8 Å². The van der Waals surface area contributed by atoms with Crippen molar-refractivity contribution in [3.05, 3.63) is 29.5 Å². The molecule has 2 N–H and O–H groups in total. The summed E-state index contributed by atoms with van der Waals surface area (Å²) >= 11 is 0. The van der Waals surface area contributed by atoms with Crippen molar-refractivity contribution in [2.24, 2.45) is 11.7 Å². The molecule has 0 amide bonds. The molecule has 1 aromatic carbocycles. The van der Waals surface area contributed by atoms with E-state index in [1.54, 1.807) is 7.11 Å². The zero-order chi connectivity index (χ0) is 12.7. The average Bonchev–Trinajstić information content (AvgIpc) is 3.06. The highest BCUT2D eigenvalue weighted by molar-refractivity contribution is 5.86. The molecule has 0 bridgehead atoms. The van der Waals surface area contributed by atoms with Crippen molar-refractivity contribution in [2.45, 2.75) is 25.7 Å². The Labute approximate surface area is 119 Å². The van der Waals surface area contributed by atoms with E-state index < -0.39 is 0 Å². The Morgan fingerprint density at radius 1 is 1.42 bits per heavy atom. The Kier molecular flexibility index (Phi) is 4.07. The largest absolute Gasteiger partial charge is 0.496 e. The Morgan fingerprint density at radius 2 is 2.21 bits per heavy atom. The van der Waals surface area contributed by atoms with E-state index in [1.165, 1.54) is 17.4 Å². The van der Waals surface area contributed by atoms with Crippen LogP contribution in [0.3, 0.4) is 0 Å². The molecule has 0 radical (unpaired) electrons. The van der Waals surface area contributed by atoms with Gasteiger partial charge in [0.1, 0.15) is 17.1 Å². The fraction of sp³-hybridized carbons (Fsp3) is 0.467. The molecule has 1 aromatic heterocycles. The number of fused-ring (bicyclic) bond motifs is 1. The molecule has 1 fully saturated rings. The highest BCUT2D eigenvalue weighted by atomic mass is 35.5. The van der Waals surface area contributed by atoms with Gasteiger partial charge < -0.3 is 14.9 Å². The van der Waals surface area contributed by atoms with Gasteiger partial charge >= 0.3 is 0 Å². The van der Waals surface area contributed by atoms with Gasteiger partial charge in [0.2, 0.25) is 0 Å². The average molecular weight is 282 g/mol. The van der Waals surface area contributed by atoms with Crippen molar-refractivity contribution in [1.82, 2.24) is 0 Å². The van der Waals surface area contributed by atoms with E-state index in [-0.39, 0.29) is 12.4 Å². The van der Waals surface area contributed by atoms with Crippen LogP contribution < -0.4 is 10.5 Å².